The van der Waals surface area contributed by atoms with E-state index in [9.17, 15) is 9.59 Å². The molecule has 10 heteroatoms. The second-order valence-electron chi connectivity index (χ2n) is 8.05. The summed E-state index contributed by atoms with van der Waals surface area (Å²) in [5.41, 5.74) is 4.39. The number of amides is 1. The van der Waals surface area contributed by atoms with Gasteiger partial charge in [-0.05, 0) is 48.9 Å². The Labute approximate surface area is 200 Å². The molecule has 1 aliphatic heterocycles. The Hall–Kier alpha value is -4.60. The molecule has 0 spiro atoms. The second kappa shape index (κ2) is 8.98. The summed E-state index contributed by atoms with van der Waals surface area (Å²) in [7, 11) is 2.95. The Bertz CT molecular complexity index is 1410. The van der Waals surface area contributed by atoms with E-state index in [1.165, 1.54) is 11.8 Å². The van der Waals surface area contributed by atoms with Crippen LogP contribution in [-0.2, 0) is 9.53 Å². The third-order valence-corrected chi connectivity index (χ3v) is 5.96. The highest BCUT2D eigenvalue weighted by molar-refractivity contribution is 5.95. The molecule has 5 rings (SSSR count). The first-order valence-corrected chi connectivity index (χ1v) is 10.9. The van der Waals surface area contributed by atoms with E-state index in [0.29, 0.717) is 17.1 Å². The molecule has 4 aromatic rings. The number of esters is 1. The van der Waals surface area contributed by atoms with Crippen molar-refractivity contribution < 1.29 is 19.1 Å². The summed E-state index contributed by atoms with van der Waals surface area (Å²) in [6.45, 7) is 1.88. The highest BCUT2D eigenvalue weighted by atomic mass is 16.5. The minimum Gasteiger partial charge on any atom is -0.497 e. The lowest BCUT2D eigenvalue weighted by Crippen LogP contribution is -2.25. The zero-order valence-corrected chi connectivity index (χ0v) is 19.3. The van der Waals surface area contributed by atoms with E-state index in [0.717, 1.165) is 28.1 Å². The SMILES string of the molecule is COC(=O)c1ccc(C2CC(=O)Nc3c2c(C)nn3-c2nncc(-c3ccc(OC)cc3)n2)cc1. The summed E-state index contributed by atoms with van der Waals surface area (Å²) in [4.78, 5) is 29.1. The first-order chi connectivity index (χ1) is 17.0. The molecule has 1 unspecified atom stereocenters. The molecular weight excluding hydrogens is 448 g/mol. The molecule has 2 aromatic carbocycles. The van der Waals surface area contributed by atoms with E-state index < -0.39 is 5.97 Å². The lowest BCUT2D eigenvalue weighted by atomic mass is 9.85. The Morgan fingerprint density at radius 2 is 1.83 bits per heavy atom. The minimum atomic E-state index is -0.413. The topological polar surface area (TPSA) is 121 Å². The van der Waals surface area contributed by atoms with Crippen molar-refractivity contribution in [3.8, 4) is 23.0 Å². The maximum absolute atomic E-state index is 12.7. The number of fused-ring (bicyclic) bond motifs is 1. The van der Waals surface area contributed by atoms with Gasteiger partial charge in [0.05, 0.1) is 37.4 Å². The molecule has 1 aliphatic rings. The first-order valence-electron chi connectivity index (χ1n) is 10.9. The van der Waals surface area contributed by atoms with Gasteiger partial charge in [-0.3, -0.25) is 4.79 Å². The molecule has 1 amide bonds. The molecule has 0 aliphatic carbocycles. The van der Waals surface area contributed by atoms with Crippen LogP contribution in [0.4, 0.5) is 5.82 Å². The third kappa shape index (κ3) is 4.10. The Morgan fingerprint density at radius 3 is 2.51 bits per heavy atom. The van der Waals surface area contributed by atoms with E-state index >= 15 is 0 Å². The standard InChI is InChI=1S/C25H22N6O4/c1-14-22-19(15-4-6-17(7-5-15)24(33)35-3)12-21(32)28-23(22)31(30-14)25-27-20(13-26-29-25)16-8-10-18(34-2)11-9-16/h4-11,13,19H,12H2,1-3H3,(H,28,32). The maximum atomic E-state index is 12.7. The monoisotopic (exact) mass is 470 g/mol. The molecular formula is C25H22N6O4. The molecule has 0 saturated carbocycles. The number of nitrogens with zero attached hydrogens (tertiary/aromatic N) is 5. The van der Waals surface area contributed by atoms with Gasteiger partial charge in [-0.25, -0.2) is 9.78 Å². The molecule has 3 heterocycles. The second-order valence-corrected chi connectivity index (χ2v) is 8.05. The van der Waals surface area contributed by atoms with Crippen LogP contribution in [-0.4, -0.2) is 51.1 Å². The number of ether oxygens (including phenoxy) is 2. The van der Waals surface area contributed by atoms with Crippen molar-refractivity contribution in [2.75, 3.05) is 19.5 Å². The van der Waals surface area contributed by atoms with Gasteiger partial charge in [0.2, 0.25) is 5.91 Å². The summed E-state index contributed by atoms with van der Waals surface area (Å²) >= 11 is 0. The van der Waals surface area contributed by atoms with Crippen LogP contribution < -0.4 is 10.1 Å². The van der Waals surface area contributed by atoms with Gasteiger partial charge >= 0.3 is 5.97 Å². The van der Waals surface area contributed by atoms with Crippen LogP contribution in [0.25, 0.3) is 17.2 Å². The number of carbonyl (C=O) groups excluding carboxylic acids is 2. The lowest BCUT2D eigenvalue weighted by Gasteiger charge is -2.24. The van der Waals surface area contributed by atoms with Gasteiger partial charge in [0.1, 0.15) is 11.6 Å². The van der Waals surface area contributed by atoms with Gasteiger partial charge < -0.3 is 14.8 Å². The Morgan fingerprint density at radius 1 is 1.09 bits per heavy atom. The average molecular weight is 470 g/mol. The van der Waals surface area contributed by atoms with Gasteiger partial charge in [-0.2, -0.15) is 14.9 Å². The normalized spacial score (nSPS) is 14.7. The third-order valence-electron chi connectivity index (χ3n) is 5.96. The molecule has 0 bridgehead atoms. The average Bonchev–Trinajstić information content (AvgIpc) is 3.24. The summed E-state index contributed by atoms with van der Waals surface area (Å²) in [6.07, 6.45) is 1.82. The van der Waals surface area contributed by atoms with Crippen molar-refractivity contribution in [1.29, 1.82) is 0 Å². The molecule has 10 nitrogen and oxygen atoms in total. The van der Waals surface area contributed by atoms with Gasteiger partial charge in [-0.1, -0.05) is 12.1 Å². The van der Waals surface area contributed by atoms with Crippen molar-refractivity contribution in [3.05, 3.63) is 77.1 Å². The molecule has 2 aromatic heterocycles. The summed E-state index contributed by atoms with van der Waals surface area (Å²) < 4.78 is 11.5. The minimum absolute atomic E-state index is 0.153. The van der Waals surface area contributed by atoms with E-state index in [1.54, 1.807) is 25.4 Å². The number of hydrogen-bond donors (Lipinski definition) is 1. The number of aromatic nitrogens is 5. The van der Waals surface area contributed by atoms with Crippen molar-refractivity contribution >= 4 is 17.7 Å². The van der Waals surface area contributed by atoms with Crippen LogP contribution >= 0.6 is 0 Å². The van der Waals surface area contributed by atoms with Crippen molar-refractivity contribution in [2.45, 2.75) is 19.3 Å². The number of methoxy groups -OCH3 is 2. The summed E-state index contributed by atoms with van der Waals surface area (Å²) in [5.74, 6) is 0.682. The van der Waals surface area contributed by atoms with Crippen LogP contribution in [0.3, 0.4) is 0 Å². The predicted octanol–water partition coefficient (Wildman–Crippen LogP) is 3.30. The molecule has 1 N–H and O–H groups in total. The van der Waals surface area contributed by atoms with Crippen LogP contribution in [0, 0.1) is 6.92 Å². The molecule has 0 fully saturated rings. The Balaban J connectivity index is 1.54. The zero-order chi connectivity index (χ0) is 24.5. The van der Waals surface area contributed by atoms with Crippen molar-refractivity contribution in [2.24, 2.45) is 0 Å². The number of nitrogens with one attached hydrogen (secondary N) is 1. The molecule has 35 heavy (non-hydrogen) atoms. The van der Waals surface area contributed by atoms with Crippen LogP contribution in [0.2, 0.25) is 0 Å². The van der Waals surface area contributed by atoms with Gasteiger partial charge in [-0.15, -0.1) is 5.10 Å². The van der Waals surface area contributed by atoms with Gasteiger partial charge in [0.15, 0.2) is 0 Å². The largest absolute Gasteiger partial charge is 0.497 e. The quantitative estimate of drug-likeness (QED) is 0.441. The maximum Gasteiger partial charge on any atom is 0.337 e. The highest BCUT2D eigenvalue weighted by Crippen LogP contribution is 2.40. The van der Waals surface area contributed by atoms with Crippen LogP contribution in [0.5, 0.6) is 5.75 Å². The van der Waals surface area contributed by atoms with E-state index in [2.05, 4.69) is 25.6 Å². The summed E-state index contributed by atoms with van der Waals surface area (Å²) in [5, 5.41) is 15.8. The highest BCUT2D eigenvalue weighted by Gasteiger charge is 2.33. The fourth-order valence-corrected chi connectivity index (χ4v) is 4.23. The van der Waals surface area contributed by atoms with E-state index in [-0.39, 0.29) is 24.2 Å². The molecule has 0 saturated heterocycles. The number of carbonyl (C=O) groups is 2. The molecule has 0 radical (unpaired) electrons. The number of anilines is 1. The molecule has 176 valence electrons. The Kier molecular flexibility index (Phi) is 5.69. The van der Waals surface area contributed by atoms with E-state index in [1.807, 2.05) is 43.3 Å². The fraction of sp³-hybridized carbons (Fsp3) is 0.200. The van der Waals surface area contributed by atoms with Gasteiger partial charge in [0, 0.05) is 23.5 Å². The number of rotatable bonds is 5. The zero-order valence-electron chi connectivity index (χ0n) is 19.3. The molecule has 1 atom stereocenters. The lowest BCUT2D eigenvalue weighted by molar-refractivity contribution is -0.116. The van der Waals surface area contributed by atoms with Crippen LogP contribution in [0.15, 0.2) is 54.7 Å². The van der Waals surface area contributed by atoms with Crippen molar-refractivity contribution in [1.82, 2.24) is 25.0 Å². The smallest absolute Gasteiger partial charge is 0.337 e. The van der Waals surface area contributed by atoms with Crippen LogP contribution in [0.1, 0.15) is 39.5 Å². The number of hydrogen-bond acceptors (Lipinski definition) is 8. The first kappa shape index (κ1) is 22.2. The summed E-state index contributed by atoms with van der Waals surface area (Å²) in [6, 6.07) is 14.5. The van der Waals surface area contributed by atoms with Crippen molar-refractivity contribution in [3.63, 3.8) is 0 Å². The fourth-order valence-electron chi connectivity index (χ4n) is 4.23. The number of aryl methyl sites for hydroxylation is 1. The number of benzene rings is 2. The predicted molar refractivity (Wildman–Crippen MR) is 127 cm³/mol. The van der Waals surface area contributed by atoms with E-state index in [4.69, 9.17) is 9.47 Å². The van der Waals surface area contributed by atoms with Gasteiger partial charge in [0.25, 0.3) is 5.95 Å².